The first kappa shape index (κ1) is 9.32. The van der Waals surface area contributed by atoms with Gasteiger partial charge in [0.25, 0.3) is 0 Å². The summed E-state index contributed by atoms with van der Waals surface area (Å²) in [5.41, 5.74) is 0. The summed E-state index contributed by atoms with van der Waals surface area (Å²) in [6.45, 7) is 5.50. The van der Waals surface area contributed by atoms with Crippen LogP contribution in [0, 0.1) is 0 Å². The fourth-order valence-corrected chi connectivity index (χ4v) is 7.90. The summed E-state index contributed by atoms with van der Waals surface area (Å²) in [4.78, 5) is 2.33. The van der Waals surface area contributed by atoms with Gasteiger partial charge in [-0.25, -0.2) is 0 Å². The second-order valence-electron chi connectivity index (χ2n) is 3.25. The molecule has 3 rings (SSSR count). The summed E-state index contributed by atoms with van der Waals surface area (Å²) in [6, 6.07) is 0. The molecule has 3 fully saturated rings. The molecule has 4 nitrogen and oxygen atoms in total. The van der Waals surface area contributed by atoms with Crippen LogP contribution in [0.25, 0.3) is 0 Å². The first-order valence-corrected chi connectivity index (χ1v) is 13.1. The van der Waals surface area contributed by atoms with Gasteiger partial charge in [-0.15, -0.1) is 0 Å². The number of fused-ring (bicyclic) bond motifs is 6. The predicted molar refractivity (Wildman–Crippen MR) is 45.9 cm³/mol. The first-order chi connectivity index (χ1) is 5.79. The standard InChI is InChI=1S/C6H12NO3.CH3.Pb/c8-4-1-7(2-5-9)3-6-10;;/h1-6H2;1H3;/q-3;;+3. The minimum absolute atomic E-state index is 0.790. The monoisotopic (exact) mass is 369 g/mol. The molecule has 70 valence electrons. The SMILES string of the molecule is [CH3][Pb]12[O]CCN(CC[O]1)CC[O]2. The van der Waals surface area contributed by atoms with E-state index in [1.54, 1.807) is 0 Å². The molecule has 0 unspecified atom stereocenters. The third-order valence-electron chi connectivity index (χ3n) is 2.32. The molecule has 12 heavy (non-hydrogen) atoms. The maximum atomic E-state index is 5.68. The second-order valence-corrected chi connectivity index (χ2v) is 13.3. The van der Waals surface area contributed by atoms with Crippen molar-refractivity contribution in [1.29, 1.82) is 0 Å². The third kappa shape index (κ3) is 2.17. The van der Waals surface area contributed by atoms with Crippen molar-refractivity contribution in [3.05, 3.63) is 0 Å². The topological polar surface area (TPSA) is 30.9 Å². The fraction of sp³-hybridized carbons (Fsp3) is 1.00. The number of rotatable bonds is 0. The normalized spacial score (nSPS) is 43.2. The van der Waals surface area contributed by atoms with Crippen LogP contribution in [0.15, 0.2) is 0 Å². The van der Waals surface area contributed by atoms with E-state index in [2.05, 4.69) is 9.38 Å². The molecule has 0 aliphatic carbocycles. The van der Waals surface area contributed by atoms with Crippen molar-refractivity contribution in [2.24, 2.45) is 0 Å². The van der Waals surface area contributed by atoms with Crippen LogP contribution in [0.1, 0.15) is 0 Å². The zero-order chi connectivity index (χ0) is 8.44. The van der Waals surface area contributed by atoms with Gasteiger partial charge in [-0.2, -0.15) is 0 Å². The van der Waals surface area contributed by atoms with Crippen molar-refractivity contribution in [3.8, 4) is 0 Å². The average molecular weight is 368 g/mol. The van der Waals surface area contributed by atoms with Gasteiger partial charge in [0.05, 0.1) is 0 Å². The van der Waals surface area contributed by atoms with E-state index in [9.17, 15) is 0 Å². The quantitative estimate of drug-likeness (QED) is 0.561. The Hall–Kier alpha value is 0.762. The van der Waals surface area contributed by atoms with Crippen LogP contribution in [0.4, 0.5) is 0 Å². The van der Waals surface area contributed by atoms with Crippen molar-refractivity contribution in [3.63, 3.8) is 0 Å². The summed E-state index contributed by atoms with van der Waals surface area (Å²) in [7, 11) is 0. The van der Waals surface area contributed by atoms with E-state index in [0.29, 0.717) is 0 Å². The van der Waals surface area contributed by atoms with E-state index >= 15 is 0 Å². The molecule has 0 saturated carbocycles. The first-order valence-electron chi connectivity index (χ1n) is 4.43. The molecule has 3 aliphatic rings. The molecule has 0 spiro atoms. The molecular formula is C7H15NO3Pb. The van der Waals surface area contributed by atoms with E-state index in [1.807, 2.05) is 0 Å². The van der Waals surface area contributed by atoms with Crippen LogP contribution in [-0.4, -0.2) is 66.9 Å². The van der Waals surface area contributed by atoms with E-state index < -0.39 is 22.5 Å². The molecule has 0 atom stereocenters. The van der Waals surface area contributed by atoms with Gasteiger partial charge in [0.2, 0.25) is 0 Å². The van der Waals surface area contributed by atoms with Gasteiger partial charge in [-0.1, -0.05) is 0 Å². The average Bonchev–Trinajstić information content (AvgIpc) is 1.93. The molecule has 0 aromatic rings. The van der Waals surface area contributed by atoms with Gasteiger partial charge in [0.15, 0.2) is 0 Å². The van der Waals surface area contributed by atoms with E-state index in [-0.39, 0.29) is 0 Å². The van der Waals surface area contributed by atoms with Crippen LogP contribution in [0.2, 0.25) is 4.48 Å². The van der Waals surface area contributed by atoms with Crippen molar-refractivity contribution >= 4 is 22.5 Å². The van der Waals surface area contributed by atoms with Gasteiger partial charge in [-0.05, 0) is 0 Å². The summed E-state index contributed by atoms with van der Waals surface area (Å²) in [6.07, 6.45) is 0. The van der Waals surface area contributed by atoms with Crippen LogP contribution in [0.5, 0.6) is 0 Å². The van der Waals surface area contributed by atoms with Crippen LogP contribution in [-0.2, 0) is 8.06 Å². The fourth-order valence-electron chi connectivity index (χ4n) is 1.54. The molecular weight excluding hydrogens is 353 g/mol. The van der Waals surface area contributed by atoms with Crippen LogP contribution >= 0.6 is 0 Å². The zero-order valence-electron chi connectivity index (χ0n) is 7.41. The second kappa shape index (κ2) is 3.87. The molecule has 0 amide bonds. The van der Waals surface area contributed by atoms with E-state index in [4.69, 9.17) is 8.06 Å². The molecule has 3 saturated heterocycles. The van der Waals surface area contributed by atoms with Crippen LogP contribution < -0.4 is 0 Å². The molecule has 5 heteroatoms. The summed E-state index contributed by atoms with van der Waals surface area (Å²) in [5.74, 6) is 0. The molecule has 2 bridgehead atoms. The van der Waals surface area contributed by atoms with Crippen LogP contribution in [0.3, 0.4) is 0 Å². The Kier molecular flexibility index (Phi) is 3.01. The summed E-state index contributed by atoms with van der Waals surface area (Å²) >= 11 is -3.06. The van der Waals surface area contributed by atoms with E-state index in [1.165, 1.54) is 0 Å². The molecule has 3 heterocycles. The molecule has 0 N–H and O–H groups in total. The molecule has 3 aliphatic heterocycles. The number of nitrogens with zero attached hydrogens (tertiary/aromatic N) is 1. The van der Waals surface area contributed by atoms with Gasteiger partial charge in [0, 0.05) is 0 Å². The van der Waals surface area contributed by atoms with E-state index in [0.717, 1.165) is 39.5 Å². The van der Waals surface area contributed by atoms with Gasteiger partial charge in [-0.3, -0.25) is 0 Å². The number of hydrogen-bond acceptors (Lipinski definition) is 4. The van der Waals surface area contributed by atoms with Crippen molar-refractivity contribution in [2.45, 2.75) is 4.48 Å². The third-order valence-corrected chi connectivity index (χ3v) is 10.8. The zero-order valence-corrected chi connectivity index (χ0v) is 11.3. The molecule has 0 aromatic carbocycles. The van der Waals surface area contributed by atoms with Crippen molar-refractivity contribution in [1.82, 2.24) is 4.90 Å². The maximum absolute atomic E-state index is 5.68. The Bertz CT molecular complexity index is 140. The van der Waals surface area contributed by atoms with Gasteiger partial charge >= 0.3 is 79.4 Å². The molecule has 0 radical (unpaired) electrons. The predicted octanol–water partition coefficient (Wildman–Crippen LogP) is -0.0659. The summed E-state index contributed by atoms with van der Waals surface area (Å²) < 4.78 is 19.1. The Labute approximate surface area is 79.4 Å². The Morgan fingerprint density at radius 1 is 0.917 bits per heavy atom. The Morgan fingerprint density at radius 2 is 1.33 bits per heavy atom. The van der Waals surface area contributed by atoms with Gasteiger partial charge < -0.3 is 0 Å². The van der Waals surface area contributed by atoms with Gasteiger partial charge in [0.1, 0.15) is 0 Å². The van der Waals surface area contributed by atoms with Crippen molar-refractivity contribution < 1.29 is 8.06 Å². The molecule has 0 aromatic heterocycles. The minimum atomic E-state index is -3.06. The Balaban J connectivity index is 2.06. The Morgan fingerprint density at radius 3 is 1.75 bits per heavy atom. The van der Waals surface area contributed by atoms with Crippen molar-refractivity contribution in [2.75, 3.05) is 39.5 Å². The summed E-state index contributed by atoms with van der Waals surface area (Å²) in [5, 5.41) is 0. The number of hydrogen-bond donors (Lipinski definition) is 0.